The first-order valence-electron chi connectivity index (χ1n) is 6.49. The highest BCUT2D eigenvalue weighted by Crippen LogP contribution is 2.23. The third-order valence-corrected chi connectivity index (χ3v) is 3.99. The quantitative estimate of drug-likeness (QED) is 0.791. The lowest BCUT2D eigenvalue weighted by Crippen LogP contribution is -2.35. The van der Waals surface area contributed by atoms with Crippen LogP contribution < -0.4 is 5.32 Å². The van der Waals surface area contributed by atoms with E-state index in [0.717, 1.165) is 5.56 Å². The van der Waals surface area contributed by atoms with Crippen molar-refractivity contribution in [3.05, 3.63) is 35.9 Å². The van der Waals surface area contributed by atoms with Gasteiger partial charge in [0.1, 0.15) is 9.84 Å². The molecule has 0 fully saturated rings. The van der Waals surface area contributed by atoms with Crippen LogP contribution in [0.25, 0.3) is 0 Å². The van der Waals surface area contributed by atoms with Crippen LogP contribution in [0.2, 0.25) is 0 Å². The van der Waals surface area contributed by atoms with Crippen LogP contribution in [0.4, 0.5) is 0 Å². The normalized spacial score (nSPS) is 15.1. The summed E-state index contributed by atoms with van der Waals surface area (Å²) in [6, 6.07) is 9.88. The standard InChI is InChI=1S/C14H23NO3S/c1-4-18-14(12-8-6-5-7-9-12)13(15-2)10-11-19(3,16)17/h5-9,13-15H,4,10-11H2,1-3H3. The molecule has 0 radical (unpaired) electrons. The molecular formula is C14H23NO3S. The maximum atomic E-state index is 11.3. The second-order valence-electron chi connectivity index (χ2n) is 4.60. The van der Waals surface area contributed by atoms with Crippen molar-refractivity contribution >= 4 is 9.84 Å². The minimum Gasteiger partial charge on any atom is -0.372 e. The van der Waals surface area contributed by atoms with E-state index < -0.39 is 9.84 Å². The molecule has 0 aliphatic carbocycles. The van der Waals surface area contributed by atoms with Crippen LogP contribution in [0, 0.1) is 0 Å². The number of hydrogen-bond acceptors (Lipinski definition) is 4. The van der Waals surface area contributed by atoms with Gasteiger partial charge in [0.05, 0.1) is 11.9 Å². The summed E-state index contributed by atoms with van der Waals surface area (Å²) in [5.74, 6) is 0.162. The SMILES string of the molecule is CCOC(c1ccccc1)C(CCS(C)(=O)=O)NC. The number of nitrogens with one attached hydrogen (secondary N) is 1. The molecular weight excluding hydrogens is 262 g/mol. The number of hydrogen-bond donors (Lipinski definition) is 1. The lowest BCUT2D eigenvalue weighted by molar-refractivity contribution is 0.0344. The van der Waals surface area contributed by atoms with Gasteiger partial charge in [-0.1, -0.05) is 30.3 Å². The first-order valence-corrected chi connectivity index (χ1v) is 8.55. The fourth-order valence-electron chi connectivity index (χ4n) is 2.06. The Bertz CT molecular complexity index is 459. The lowest BCUT2D eigenvalue weighted by atomic mass is 10.0. The Morgan fingerprint density at radius 1 is 1.26 bits per heavy atom. The summed E-state index contributed by atoms with van der Waals surface area (Å²) in [4.78, 5) is 0. The van der Waals surface area contributed by atoms with Gasteiger partial charge in [0, 0.05) is 18.9 Å². The molecule has 1 aromatic rings. The van der Waals surface area contributed by atoms with Gasteiger partial charge in [-0.05, 0) is 26.0 Å². The van der Waals surface area contributed by atoms with Crippen LogP contribution >= 0.6 is 0 Å². The largest absolute Gasteiger partial charge is 0.372 e. The summed E-state index contributed by atoms with van der Waals surface area (Å²) in [6.07, 6.45) is 1.67. The van der Waals surface area contributed by atoms with Crippen molar-refractivity contribution in [2.45, 2.75) is 25.5 Å². The minimum atomic E-state index is -2.96. The molecule has 1 N–H and O–H groups in total. The smallest absolute Gasteiger partial charge is 0.147 e. The fourth-order valence-corrected chi connectivity index (χ4v) is 2.74. The van der Waals surface area contributed by atoms with E-state index >= 15 is 0 Å². The Hall–Kier alpha value is -0.910. The topological polar surface area (TPSA) is 55.4 Å². The molecule has 0 saturated heterocycles. The van der Waals surface area contributed by atoms with Gasteiger partial charge in [-0.2, -0.15) is 0 Å². The molecule has 0 saturated carbocycles. The van der Waals surface area contributed by atoms with Crippen LogP contribution in [-0.2, 0) is 14.6 Å². The summed E-state index contributed by atoms with van der Waals surface area (Å²) in [5, 5.41) is 3.17. The molecule has 0 amide bonds. The summed E-state index contributed by atoms with van der Waals surface area (Å²) < 4.78 is 28.4. The van der Waals surface area contributed by atoms with E-state index in [9.17, 15) is 8.42 Å². The van der Waals surface area contributed by atoms with Crippen LogP contribution in [0.3, 0.4) is 0 Å². The summed E-state index contributed by atoms with van der Waals surface area (Å²) in [6.45, 7) is 2.54. The first-order chi connectivity index (χ1) is 8.98. The molecule has 1 aromatic carbocycles. The van der Waals surface area contributed by atoms with E-state index in [1.54, 1.807) is 0 Å². The molecule has 0 heterocycles. The Balaban J connectivity index is 2.83. The molecule has 2 unspecified atom stereocenters. The van der Waals surface area contributed by atoms with Crippen molar-refractivity contribution in [3.8, 4) is 0 Å². The van der Waals surface area contributed by atoms with E-state index in [0.29, 0.717) is 13.0 Å². The van der Waals surface area contributed by atoms with E-state index in [1.165, 1.54) is 6.26 Å². The fraction of sp³-hybridized carbons (Fsp3) is 0.571. The maximum absolute atomic E-state index is 11.3. The summed E-state index contributed by atoms with van der Waals surface area (Å²) in [7, 11) is -1.12. The van der Waals surface area contributed by atoms with E-state index in [1.807, 2.05) is 44.3 Å². The second-order valence-corrected chi connectivity index (χ2v) is 6.86. The van der Waals surface area contributed by atoms with Gasteiger partial charge in [-0.3, -0.25) is 0 Å². The highest BCUT2D eigenvalue weighted by Gasteiger charge is 2.23. The highest BCUT2D eigenvalue weighted by atomic mass is 32.2. The first kappa shape index (κ1) is 16.1. The van der Waals surface area contributed by atoms with E-state index in [-0.39, 0.29) is 17.9 Å². The minimum absolute atomic E-state index is 0.0166. The third-order valence-electron chi connectivity index (χ3n) is 3.01. The van der Waals surface area contributed by atoms with Crippen molar-refractivity contribution < 1.29 is 13.2 Å². The molecule has 0 aromatic heterocycles. The number of rotatable bonds is 8. The molecule has 0 aliphatic rings. The van der Waals surface area contributed by atoms with Gasteiger partial charge in [-0.25, -0.2) is 8.42 Å². The zero-order chi connectivity index (χ0) is 14.3. The molecule has 1 rings (SSSR count). The highest BCUT2D eigenvalue weighted by molar-refractivity contribution is 7.90. The summed E-state index contributed by atoms with van der Waals surface area (Å²) in [5.41, 5.74) is 1.07. The Kier molecular flexibility index (Phi) is 6.48. The number of benzene rings is 1. The van der Waals surface area contributed by atoms with Crippen LogP contribution in [-0.4, -0.2) is 40.1 Å². The van der Waals surface area contributed by atoms with Crippen LogP contribution in [0.5, 0.6) is 0 Å². The van der Waals surface area contributed by atoms with Crippen molar-refractivity contribution in [2.75, 3.05) is 25.7 Å². The molecule has 2 atom stereocenters. The number of sulfone groups is 1. The van der Waals surface area contributed by atoms with Crippen molar-refractivity contribution in [1.82, 2.24) is 5.32 Å². The van der Waals surface area contributed by atoms with Crippen molar-refractivity contribution in [2.24, 2.45) is 0 Å². The van der Waals surface area contributed by atoms with Crippen molar-refractivity contribution in [3.63, 3.8) is 0 Å². The van der Waals surface area contributed by atoms with Crippen molar-refractivity contribution in [1.29, 1.82) is 0 Å². The van der Waals surface area contributed by atoms with Crippen LogP contribution in [0.15, 0.2) is 30.3 Å². The predicted octanol–water partition coefficient (Wildman–Crippen LogP) is 1.79. The molecule has 108 valence electrons. The summed E-state index contributed by atoms with van der Waals surface area (Å²) >= 11 is 0. The van der Waals surface area contributed by atoms with E-state index in [2.05, 4.69) is 5.32 Å². The predicted molar refractivity (Wildman–Crippen MR) is 78.0 cm³/mol. The van der Waals surface area contributed by atoms with Gasteiger partial charge in [0.2, 0.25) is 0 Å². The third kappa shape index (κ3) is 5.72. The zero-order valence-corrected chi connectivity index (χ0v) is 12.6. The monoisotopic (exact) mass is 285 g/mol. The Labute approximate surface area is 116 Å². The van der Waals surface area contributed by atoms with Gasteiger partial charge in [-0.15, -0.1) is 0 Å². The average Bonchev–Trinajstić information content (AvgIpc) is 2.38. The molecule has 0 bridgehead atoms. The number of ether oxygens (including phenoxy) is 1. The number of likely N-dealkylation sites (N-methyl/N-ethyl adjacent to an activating group) is 1. The molecule has 0 spiro atoms. The lowest BCUT2D eigenvalue weighted by Gasteiger charge is -2.27. The van der Waals surface area contributed by atoms with Gasteiger partial charge in [0.15, 0.2) is 0 Å². The van der Waals surface area contributed by atoms with E-state index in [4.69, 9.17) is 4.74 Å². The Morgan fingerprint density at radius 3 is 2.37 bits per heavy atom. The van der Waals surface area contributed by atoms with Gasteiger partial charge >= 0.3 is 0 Å². The second kappa shape index (κ2) is 7.62. The maximum Gasteiger partial charge on any atom is 0.147 e. The zero-order valence-electron chi connectivity index (χ0n) is 11.8. The Morgan fingerprint density at radius 2 is 1.89 bits per heavy atom. The molecule has 4 nitrogen and oxygen atoms in total. The average molecular weight is 285 g/mol. The van der Waals surface area contributed by atoms with Gasteiger partial charge in [0.25, 0.3) is 0 Å². The molecule has 0 aliphatic heterocycles. The van der Waals surface area contributed by atoms with Crippen LogP contribution in [0.1, 0.15) is 25.0 Å². The molecule has 19 heavy (non-hydrogen) atoms. The molecule has 5 heteroatoms. The van der Waals surface area contributed by atoms with Gasteiger partial charge < -0.3 is 10.1 Å².